The summed E-state index contributed by atoms with van der Waals surface area (Å²) in [5.74, 6) is 0.716. The highest BCUT2D eigenvalue weighted by atomic mass is 16.3. The first kappa shape index (κ1) is 9.95. The number of nitriles is 1. The van der Waals surface area contributed by atoms with E-state index in [0.717, 1.165) is 25.7 Å². The third-order valence-corrected chi connectivity index (χ3v) is 4.07. The van der Waals surface area contributed by atoms with Crippen LogP contribution in [0.5, 0.6) is 0 Å². The third-order valence-electron chi connectivity index (χ3n) is 4.07. The third kappa shape index (κ3) is 1.25. The lowest BCUT2D eigenvalue weighted by molar-refractivity contribution is -0.111. The van der Waals surface area contributed by atoms with Crippen LogP contribution in [-0.2, 0) is 0 Å². The Bertz CT molecular complexity index is 257. The Morgan fingerprint density at radius 1 is 1.36 bits per heavy atom. The largest absolute Gasteiger partial charge is 0.386 e. The van der Waals surface area contributed by atoms with E-state index in [0.29, 0.717) is 19.0 Å². The molecule has 0 amide bonds. The minimum Gasteiger partial charge on any atom is -0.386 e. The van der Waals surface area contributed by atoms with E-state index in [4.69, 9.17) is 0 Å². The fourth-order valence-corrected chi connectivity index (χ4v) is 2.64. The Hall–Kier alpha value is -0.590. The summed E-state index contributed by atoms with van der Waals surface area (Å²) in [4.78, 5) is 0. The molecule has 0 bridgehead atoms. The molecule has 3 nitrogen and oxygen atoms in total. The summed E-state index contributed by atoms with van der Waals surface area (Å²) in [7, 11) is 0. The minimum absolute atomic E-state index is 0.467. The topological polar surface area (TPSA) is 56.0 Å². The second-order valence-electron chi connectivity index (χ2n) is 5.01. The summed E-state index contributed by atoms with van der Waals surface area (Å²) in [5.41, 5.74) is -1.22. The van der Waals surface area contributed by atoms with Gasteiger partial charge in [0.2, 0.25) is 0 Å². The van der Waals surface area contributed by atoms with E-state index < -0.39 is 11.0 Å². The van der Waals surface area contributed by atoms with Crippen LogP contribution in [0.25, 0.3) is 0 Å². The van der Waals surface area contributed by atoms with Crippen molar-refractivity contribution < 1.29 is 5.11 Å². The van der Waals surface area contributed by atoms with E-state index in [2.05, 4.69) is 18.3 Å². The molecule has 14 heavy (non-hydrogen) atoms. The fourth-order valence-electron chi connectivity index (χ4n) is 2.64. The molecule has 0 aromatic carbocycles. The molecule has 0 radical (unpaired) electrons. The maximum Gasteiger partial charge on any atom is 0.108 e. The average Bonchev–Trinajstić information content (AvgIpc) is 2.16. The summed E-state index contributed by atoms with van der Waals surface area (Å²) < 4.78 is 0. The lowest BCUT2D eigenvalue weighted by Crippen LogP contribution is -2.68. The van der Waals surface area contributed by atoms with Gasteiger partial charge in [-0.3, -0.25) is 0 Å². The summed E-state index contributed by atoms with van der Waals surface area (Å²) >= 11 is 0. The standard InChI is InChI=1S/C11H18N2O/c1-9-2-4-10(6-12,5-3-9)11(14)7-13-8-11/h9,13-14H,2-5,7-8H2,1H3. The van der Waals surface area contributed by atoms with Crippen LogP contribution < -0.4 is 5.32 Å². The number of hydrogen-bond acceptors (Lipinski definition) is 3. The maximum atomic E-state index is 10.3. The Balaban J connectivity index is 2.15. The SMILES string of the molecule is CC1CCC(C#N)(C2(O)CNC2)CC1. The van der Waals surface area contributed by atoms with E-state index in [1.54, 1.807) is 0 Å². The highest BCUT2D eigenvalue weighted by Gasteiger charge is 2.55. The van der Waals surface area contributed by atoms with Gasteiger partial charge in [0.25, 0.3) is 0 Å². The van der Waals surface area contributed by atoms with Gasteiger partial charge in [0.15, 0.2) is 0 Å². The van der Waals surface area contributed by atoms with Crippen molar-refractivity contribution >= 4 is 0 Å². The van der Waals surface area contributed by atoms with Gasteiger partial charge < -0.3 is 10.4 Å². The molecule has 0 spiro atoms. The van der Waals surface area contributed by atoms with Gasteiger partial charge >= 0.3 is 0 Å². The molecule has 2 N–H and O–H groups in total. The molecule has 2 rings (SSSR count). The molecule has 3 heteroatoms. The molecule has 1 saturated carbocycles. The molecule has 0 aromatic rings. The number of hydrogen-bond donors (Lipinski definition) is 2. The van der Waals surface area contributed by atoms with Crippen molar-refractivity contribution in [3.8, 4) is 6.07 Å². The zero-order valence-electron chi connectivity index (χ0n) is 8.71. The van der Waals surface area contributed by atoms with E-state index in [1.165, 1.54) is 0 Å². The number of aliphatic hydroxyl groups is 1. The lowest BCUT2D eigenvalue weighted by Gasteiger charge is -2.51. The maximum absolute atomic E-state index is 10.3. The van der Waals surface area contributed by atoms with Crippen molar-refractivity contribution in [1.82, 2.24) is 5.32 Å². The Morgan fingerprint density at radius 3 is 2.29 bits per heavy atom. The molecule has 1 aliphatic heterocycles. The van der Waals surface area contributed by atoms with Crippen LogP contribution in [0.1, 0.15) is 32.6 Å². The summed E-state index contributed by atoms with van der Waals surface area (Å²) in [6.07, 6.45) is 3.89. The molecule has 0 atom stereocenters. The highest BCUT2D eigenvalue weighted by Crippen LogP contribution is 2.47. The molecular weight excluding hydrogens is 176 g/mol. The minimum atomic E-state index is -0.748. The quantitative estimate of drug-likeness (QED) is 0.655. The van der Waals surface area contributed by atoms with Crippen molar-refractivity contribution in [2.24, 2.45) is 11.3 Å². The number of β-amino-alcohol motifs (C(OH)–C–C–N with tert-alkyl or cyclic N) is 1. The van der Waals surface area contributed by atoms with Gasteiger partial charge in [-0.05, 0) is 31.6 Å². The molecule has 1 saturated heterocycles. The zero-order chi connectivity index (χ0) is 10.2. The second kappa shape index (κ2) is 3.22. The highest BCUT2D eigenvalue weighted by molar-refractivity contribution is 5.17. The van der Waals surface area contributed by atoms with Crippen molar-refractivity contribution in [1.29, 1.82) is 5.26 Å². The first-order valence-electron chi connectivity index (χ1n) is 5.46. The van der Waals surface area contributed by atoms with Gasteiger partial charge in [0, 0.05) is 13.1 Å². The smallest absolute Gasteiger partial charge is 0.108 e. The van der Waals surface area contributed by atoms with Gasteiger partial charge in [-0.15, -0.1) is 0 Å². The summed E-state index contributed by atoms with van der Waals surface area (Å²) in [6, 6.07) is 2.39. The van der Waals surface area contributed by atoms with E-state index in [9.17, 15) is 10.4 Å². The predicted octanol–water partition coefficient (Wildman–Crippen LogP) is 1.04. The van der Waals surface area contributed by atoms with Crippen molar-refractivity contribution in [2.45, 2.75) is 38.2 Å². The number of nitrogens with one attached hydrogen (secondary N) is 1. The van der Waals surface area contributed by atoms with E-state index >= 15 is 0 Å². The molecule has 0 aromatic heterocycles. The van der Waals surface area contributed by atoms with Gasteiger partial charge in [0.05, 0.1) is 11.5 Å². The monoisotopic (exact) mass is 194 g/mol. The average molecular weight is 194 g/mol. The van der Waals surface area contributed by atoms with E-state index in [1.807, 2.05) is 0 Å². The van der Waals surface area contributed by atoms with Crippen LogP contribution in [0.4, 0.5) is 0 Å². The Labute approximate surface area is 85.1 Å². The van der Waals surface area contributed by atoms with Gasteiger partial charge in [-0.2, -0.15) is 5.26 Å². The van der Waals surface area contributed by atoms with Crippen LogP contribution in [0.3, 0.4) is 0 Å². The molecule has 2 aliphatic rings. The zero-order valence-corrected chi connectivity index (χ0v) is 8.71. The predicted molar refractivity (Wildman–Crippen MR) is 53.5 cm³/mol. The molecule has 2 fully saturated rings. The number of nitrogens with zero attached hydrogens (tertiary/aromatic N) is 1. The van der Waals surface area contributed by atoms with Crippen LogP contribution in [0.2, 0.25) is 0 Å². The Kier molecular flexibility index (Phi) is 2.29. The molecule has 0 unspecified atom stereocenters. The van der Waals surface area contributed by atoms with Gasteiger partial charge in [-0.25, -0.2) is 0 Å². The van der Waals surface area contributed by atoms with Crippen LogP contribution in [0, 0.1) is 22.7 Å². The lowest BCUT2D eigenvalue weighted by atomic mass is 9.60. The molecule has 78 valence electrons. The van der Waals surface area contributed by atoms with Crippen molar-refractivity contribution in [3.63, 3.8) is 0 Å². The fraction of sp³-hybridized carbons (Fsp3) is 0.909. The first-order chi connectivity index (χ1) is 6.62. The second-order valence-corrected chi connectivity index (χ2v) is 5.01. The van der Waals surface area contributed by atoms with Crippen molar-refractivity contribution in [3.05, 3.63) is 0 Å². The van der Waals surface area contributed by atoms with Crippen LogP contribution in [0.15, 0.2) is 0 Å². The number of rotatable bonds is 1. The van der Waals surface area contributed by atoms with Gasteiger partial charge in [0.1, 0.15) is 5.60 Å². The molecule has 1 heterocycles. The van der Waals surface area contributed by atoms with E-state index in [-0.39, 0.29) is 0 Å². The summed E-state index contributed by atoms with van der Waals surface area (Å²) in [5, 5.41) is 22.6. The molecule has 1 aliphatic carbocycles. The van der Waals surface area contributed by atoms with Crippen molar-refractivity contribution in [2.75, 3.05) is 13.1 Å². The first-order valence-corrected chi connectivity index (χ1v) is 5.46. The normalized spacial score (nSPS) is 41.1. The molecular formula is C11H18N2O. The van der Waals surface area contributed by atoms with Crippen LogP contribution in [-0.4, -0.2) is 23.8 Å². The summed E-state index contributed by atoms with van der Waals surface area (Å²) in [6.45, 7) is 3.41. The van der Waals surface area contributed by atoms with Crippen LogP contribution >= 0.6 is 0 Å². The Morgan fingerprint density at radius 2 is 1.93 bits per heavy atom. The van der Waals surface area contributed by atoms with Gasteiger partial charge in [-0.1, -0.05) is 6.92 Å².